The van der Waals surface area contributed by atoms with Crippen molar-refractivity contribution in [2.45, 2.75) is 60.3 Å². The Morgan fingerprint density at radius 2 is 1.15 bits per heavy atom. The molecule has 0 aliphatic heterocycles. The molecule has 0 aromatic rings. The van der Waals surface area contributed by atoms with Crippen LogP contribution in [0.3, 0.4) is 0 Å². The zero-order valence-electron chi connectivity index (χ0n) is 14.6. The SMILES string of the molecule is CCCCO[PH](=O)OCCCC.CC[PH](C)(CC)CC. The number of rotatable bonds is 11. The van der Waals surface area contributed by atoms with Gasteiger partial charge in [-0.25, -0.2) is 0 Å². The second-order valence-electron chi connectivity index (χ2n) is 5.53. The first-order chi connectivity index (χ1) is 9.49. The summed E-state index contributed by atoms with van der Waals surface area (Å²) in [5, 5.41) is 0. The Labute approximate surface area is 128 Å². The first-order valence-electron chi connectivity index (χ1n) is 8.29. The average molecular weight is 328 g/mol. The molecule has 0 spiro atoms. The van der Waals surface area contributed by atoms with Crippen molar-refractivity contribution in [3.63, 3.8) is 0 Å². The van der Waals surface area contributed by atoms with E-state index in [1.54, 1.807) is 0 Å². The van der Waals surface area contributed by atoms with Crippen LogP contribution >= 0.6 is 15.5 Å². The van der Waals surface area contributed by atoms with E-state index < -0.39 is 15.5 Å². The van der Waals surface area contributed by atoms with Gasteiger partial charge in [0.1, 0.15) is 0 Å². The molecule has 0 aromatic heterocycles. The van der Waals surface area contributed by atoms with Crippen molar-refractivity contribution in [3.05, 3.63) is 0 Å². The summed E-state index contributed by atoms with van der Waals surface area (Å²) in [7, 11) is -2.86. The van der Waals surface area contributed by atoms with E-state index >= 15 is 0 Å². The average Bonchev–Trinajstić information content (AvgIpc) is 2.48. The normalized spacial score (nSPS) is 12.2. The van der Waals surface area contributed by atoms with Crippen molar-refractivity contribution >= 4 is 15.5 Å². The van der Waals surface area contributed by atoms with E-state index in [4.69, 9.17) is 9.05 Å². The third-order valence-electron chi connectivity index (χ3n) is 4.00. The van der Waals surface area contributed by atoms with Gasteiger partial charge in [-0.3, -0.25) is 4.57 Å². The van der Waals surface area contributed by atoms with Crippen LogP contribution in [0.1, 0.15) is 60.3 Å². The van der Waals surface area contributed by atoms with Crippen molar-refractivity contribution in [2.24, 2.45) is 0 Å². The summed E-state index contributed by atoms with van der Waals surface area (Å²) in [4.78, 5) is 0. The second-order valence-corrected chi connectivity index (χ2v) is 12.3. The zero-order valence-corrected chi connectivity index (χ0v) is 16.6. The molecule has 0 heterocycles. The van der Waals surface area contributed by atoms with Crippen LogP contribution in [0.15, 0.2) is 0 Å². The van der Waals surface area contributed by atoms with E-state index in [-0.39, 0.29) is 0 Å². The standard InChI is InChI=1S/C8H19O3P.C7H19P/c1-3-5-7-10-12(9)11-8-6-4-2;1-5-8(4,6-2)7-3/h12H,3-8H2,1-2H3;8H,5-7H2,1-4H3. The summed E-state index contributed by atoms with van der Waals surface area (Å²) >= 11 is 0. The third-order valence-corrected chi connectivity index (χ3v) is 10.00. The number of hydrogen-bond donors (Lipinski definition) is 0. The number of unbranched alkanes of at least 4 members (excludes halogenated alkanes) is 2. The molecule has 20 heavy (non-hydrogen) atoms. The molecular weight excluding hydrogens is 290 g/mol. The molecule has 0 N–H and O–H groups in total. The van der Waals surface area contributed by atoms with Gasteiger partial charge in [-0.1, -0.05) is 26.7 Å². The fourth-order valence-corrected chi connectivity index (χ4v) is 3.60. The van der Waals surface area contributed by atoms with Crippen LogP contribution in [0.5, 0.6) is 0 Å². The van der Waals surface area contributed by atoms with Gasteiger partial charge >= 0.3 is 61.4 Å². The van der Waals surface area contributed by atoms with Crippen molar-refractivity contribution in [3.8, 4) is 0 Å². The van der Waals surface area contributed by atoms with E-state index in [0.29, 0.717) is 13.2 Å². The monoisotopic (exact) mass is 328 g/mol. The molecule has 0 unspecified atom stereocenters. The van der Waals surface area contributed by atoms with E-state index in [1.165, 1.54) is 18.5 Å². The van der Waals surface area contributed by atoms with Crippen molar-refractivity contribution < 1.29 is 13.6 Å². The van der Waals surface area contributed by atoms with Gasteiger partial charge in [0.05, 0.1) is 13.2 Å². The zero-order chi connectivity index (χ0) is 15.9. The summed E-state index contributed by atoms with van der Waals surface area (Å²) < 4.78 is 20.8. The molecule has 0 aliphatic rings. The Bertz CT molecular complexity index is 199. The van der Waals surface area contributed by atoms with E-state index in [2.05, 4.69) is 41.3 Å². The molecule has 0 bridgehead atoms. The third kappa shape index (κ3) is 15.0. The topological polar surface area (TPSA) is 35.5 Å². The summed E-state index contributed by atoms with van der Waals surface area (Å²) in [5.41, 5.74) is 0. The number of hydrogen-bond acceptors (Lipinski definition) is 3. The first kappa shape index (κ1) is 22.9. The van der Waals surface area contributed by atoms with Crippen LogP contribution in [0, 0.1) is 0 Å². The van der Waals surface area contributed by atoms with Gasteiger partial charge in [-0.05, 0) is 12.8 Å². The van der Waals surface area contributed by atoms with Gasteiger partial charge < -0.3 is 9.05 Å². The molecule has 3 nitrogen and oxygen atoms in total. The van der Waals surface area contributed by atoms with Gasteiger partial charge in [0.15, 0.2) is 0 Å². The summed E-state index contributed by atoms with van der Waals surface area (Å²) in [6.45, 7) is 14.7. The van der Waals surface area contributed by atoms with Crippen LogP contribution in [-0.2, 0) is 13.6 Å². The van der Waals surface area contributed by atoms with Gasteiger partial charge in [0, 0.05) is 0 Å². The fraction of sp³-hybridized carbons (Fsp3) is 1.00. The predicted molar refractivity (Wildman–Crippen MR) is 96.6 cm³/mol. The molecule has 0 saturated heterocycles. The summed E-state index contributed by atoms with van der Waals surface area (Å²) in [5.74, 6) is 0. The molecule has 0 fully saturated rings. The maximum atomic E-state index is 10.9. The molecule has 0 saturated carbocycles. The quantitative estimate of drug-likeness (QED) is 0.374. The summed E-state index contributed by atoms with van der Waals surface area (Å²) in [6, 6.07) is 0. The molecule has 5 heteroatoms. The van der Waals surface area contributed by atoms with Crippen LogP contribution in [-0.4, -0.2) is 38.4 Å². The molecule has 0 aliphatic carbocycles. The molecule has 126 valence electrons. The van der Waals surface area contributed by atoms with Gasteiger partial charge in [-0.15, -0.1) is 0 Å². The molecule has 0 radical (unpaired) electrons. The Morgan fingerprint density at radius 3 is 1.35 bits per heavy atom. The Hall–Kier alpha value is 0.580. The van der Waals surface area contributed by atoms with Crippen molar-refractivity contribution in [2.75, 3.05) is 38.4 Å². The summed E-state index contributed by atoms with van der Waals surface area (Å²) in [6.07, 6.45) is 8.40. The maximum absolute atomic E-state index is 10.9. The van der Waals surface area contributed by atoms with Crippen LogP contribution in [0.4, 0.5) is 0 Å². The Kier molecular flexibility index (Phi) is 18.2. The van der Waals surface area contributed by atoms with Gasteiger partial charge in [0.2, 0.25) is 0 Å². The van der Waals surface area contributed by atoms with Crippen molar-refractivity contribution in [1.82, 2.24) is 0 Å². The van der Waals surface area contributed by atoms with Gasteiger partial charge in [0.25, 0.3) is 0 Å². The van der Waals surface area contributed by atoms with Gasteiger partial charge in [-0.2, -0.15) is 0 Å². The molecule has 0 rings (SSSR count). The molecule has 0 atom stereocenters. The Morgan fingerprint density at radius 1 is 0.800 bits per heavy atom. The van der Waals surface area contributed by atoms with Crippen LogP contribution < -0.4 is 0 Å². The van der Waals surface area contributed by atoms with E-state index in [0.717, 1.165) is 25.7 Å². The second kappa shape index (κ2) is 16.0. The fourth-order valence-electron chi connectivity index (χ4n) is 1.39. The first-order valence-corrected chi connectivity index (χ1v) is 12.6. The Balaban J connectivity index is 0. The van der Waals surface area contributed by atoms with Crippen LogP contribution in [0.25, 0.3) is 0 Å². The molecule has 0 amide bonds. The van der Waals surface area contributed by atoms with E-state index in [1.807, 2.05) is 0 Å². The minimum absolute atomic E-state index is 0.556. The minimum atomic E-state index is -2.18. The molecule has 0 aromatic carbocycles. The van der Waals surface area contributed by atoms with Crippen molar-refractivity contribution in [1.29, 1.82) is 0 Å². The predicted octanol–water partition coefficient (Wildman–Crippen LogP) is 5.44. The van der Waals surface area contributed by atoms with E-state index in [9.17, 15) is 4.57 Å². The molecular formula is C15H38O3P2. The van der Waals surface area contributed by atoms with Crippen LogP contribution in [0.2, 0.25) is 0 Å².